The first-order valence-electron chi connectivity index (χ1n) is 13.3. The van der Waals surface area contributed by atoms with Gasteiger partial charge < -0.3 is 14.2 Å². The van der Waals surface area contributed by atoms with Gasteiger partial charge in [0.05, 0.1) is 23.9 Å². The molecule has 206 valence electrons. The molecule has 1 unspecified atom stereocenters. The van der Waals surface area contributed by atoms with Crippen molar-refractivity contribution in [2.75, 3.05) is 24.6 Å². The van der Waals surface area contributed by atoms with Crippen molar-refractivity contribution in [3.05, 3.63) is 99.5 Å². The van der Waals surface area contributed by atoms with Crippen LogP contribution < -0.4 is 15.2 Å². The van der Waals surface area contributed by atoms with Crippen molar-refractivity contribution in [3.63, 3.8) is 0 Å². The summed E-state index contributed by atoms with van der Waals surface area (Å²) in [6.07, 6.45) is 0. The molecule has 1 aliphatic rings. The summed E-state index contributed by atoms with van der Waals surface area (Å²) in [4.78, 5) is 21.9. The van der Waals surface area contributed by atoms with Crippen LogP contribution in [0.2, 0.25) is 0 Å². The van der Waals surface area contributed by atoms with E-state index in [2.05, 4.69) is 34.7 Å². The Hall–Kier alpha value is -4.29. The van der Waals surface area contributed by atoms with Gasteiger partial charge >= 0.3 is 0 Å². The van der Waals surface area contributed by atoms with Crippen molar-refractivity contribution < 1.29 is 13.5 Å². The first-order chi connectivity index (χ1) is 19.2. The third-order valence-corrected chi connectivity index (χ3v) is 7.61. The quantitative estimate of drug-likeness (QED) is 0.334. The molecule has 0 spiro atoms. The van der Waals surface area contributed by atoms with Crippen LogP contribution in [-0.2, 0) is 7.05 Å². The molecular formula is C31H31F2N5O2. The van der Waals surface area contributed by atoms with Crippen LogP contribution in [0.3, 0.4) is 0 Å². The number of hydrogen-bond acceptors (Lipinski definition) is 6. The summed E-state index contributed by atoms with van der Waals surface area (Å²) in [6.45, 7) is 7.54. The fourth-order valence-electron chi connectivity index (χ4n) is 5.65. The Morgan fingerprint density at radius 1 is 1.02 bits per heavy atom. The first kappa shape index (κ1) is 27.3. The van der Waals surface area contributed by atoms with E-state index >= 15 is 0 Å². The summed E-state index contributed by atoms with van der Waals surface area (Å²) in [7, 11) is 1.69. The molecule has 2 aromatic heterocycles. The molecule has 1 saturated heterocycles. The second-order valence-electron chi connectivity index (χ2n) is 10.2. The minimum Gasteiger partial charge on any atom is -0.493 e. The zero-order chi connectivity index (χ0) is 28.6. The fourth-order valence-corrected chi connectivity index (χ4v) is 5.65. The predicted octanol–water partition coefficient (Wildman–Crippen LogP) is 5.17. The van der Waals surface area contributed by atoms with E-state index in [1.807, 2.05) is 6.92 Å². The molecule has 7 nitrogen and oxygen atoms in total. The number of rotatable bonds is 6. The van der Waals surface area contributed by atoms with Gasteiger partial charge in [-0.2, -0.15) is 5.26 Å². The molecule has 0 amide bonds. The van der Waals surface area contributed by atoms with Crippen LogP contribution in [0.25, 0.3) is 11.0 Å². The highest BCUT2D eigenvalue weighted by atomic mass is 19.1. The van der Waals surface area contributed by atoms with E-state index < -0.39 is 5.82 Å². The summed E-state index contributed by atoms with van der Waals surface area (Å²) < 4.78 is 35.6. The van der Waals surface area contributed by atoms with Crippen molar-refractivity contribution in [2.24, 2.45) is 7.05 Å². The van der Waals surface area contributed by atoms with E-state index in [9.17, 15) is 18.8 Å². The largest absolute Gasteiger partial charge is 0.493 e. The SMILES string of the molecule is CCOc1cc(F)ccc1C(c1ccc(F)cc1)N1C[C@H](C)N(c2cc(=O)n(C)c3ccc(C#N)nc23)C[C@H]1C. The van der Waals surface area contributed by atoms with E-state index in [-0.39, 0.29) is 35.2 Å². The monoisotopic (exact) mass is 543 g/mol. The van der Waals surface area contributed by atoms with Gasteiger partial charge in [0.2, 0.25) is 0 Å². The van der Waals surface area contributed by atoms with Crippen molar-refractivity contribution in [1.82, 2.24) is 14.5 Å². The highest BCUT2D eigenvalue weighted by Crippen LogP contribution is 2.39. The van der Waals surface area contributed by atoms with Gasteiger partial charge in [-0.3, -0.25) is 9.69 Å². The van der Waals surface area contributed by atoms with Gasteiger partial charge in [-0.05, 0) is 56.7 Å². The van der Waals surface area contributed by atoms with Crippen LogP contribution in [0.1, 0.15) is 43.6 Å². The normalized spacial score (nSPS) is 18.5. The van der Waals surface area contributed by atoms with E-state index in [0.717, 1.165) is 11.1 Å². The highest BCUT2D eigenvalue weighted by Gasteiger charge is 2.37. The molecule has 40 heavy (non-hydrogen) atoms. The number of benzene rings is 2. The van der Waals surface area contributed by atoms with Crippen molar-refractivity contribution in [2.45, 2.75) is 38.9 Å². The number of fused-ring (bicyclic) bond motifs is 1. The molecule has 2 aromatic carbocycles. The molecular weight excluding hydrogens is 512 g/mol. The standard InChI is InChI=1S/C31H31F2N5O2/c1-5-40-28-14-23(33)10-12-25(28)31(21-6-8-22(32)9-7-21)38-18-19(2)37(17-20(38)3)27-15-29(39)36(4)26-13-11-24(16-34)35-30(26)27/h6-15,19-20,31H,5,17-18H2,1-4H3/t19-,20+,31?/m0/s1. The van der Waals surface area contributed by atoms with Crippen molar-refractivity contribution >= 4 is 16.7 Å². The summed E-state index contributed by atoms with van der Waals surface area (Å²) >= 11 is 0. The van der Waals surface area contributed by atoms with E-state index in [4.69, 9.17) is 4.74 Å². The van der Waals surface area contributed by atoms with Gasteiger partial charge in [-0.25, -0.2) is 13.8 Å². The molecule has 0 N–H and O–H groups in total. The third-order valence-electron chi connectivity index (χ3n) is 7.61. The number of ether oxygens (including phenoxy) is 1. The minimum atomic E-state index is -0.391. The summed E-state index contributed by atoms with van der Waals surface area (Å²) in [6, 6.07) is 17.5. The molecule has 0 saturated carbocycles. The third kappa shape index (κ3) is 5.03. The number of anilines is 1. The molecule has 0 radical (unpaired) electrons. The van der Waals surface area contributed by atoms with Crippen LogP contribution >= 0.6 is 0 Å². The molecule has 4 aromatic rings. The molecule has 1 aliphatic heterocycles. The number of pyridine rings is 2. The van der Waals surface area contributed by atoms with Gasteiger partial charge in [-0.15, -0.1) is 0 Å². The Kier molecular flexibility index (Phi) is 7.55. The fraction of sp³-hybridized carbons (Fsp3) is 0.323. The Morgan fingerprint density at radius 2 is 1.75 bits per heavy atom. The van der Waals surface area contributed by atoms with Crippen LogP contribution in [-0.4, -0.2) is 46.2 Å². The Bertz CT molecular complexity index is 1650. The van der Waals surface area contributed by atoms with Gasteiger partial charge in [0.25, 0.3) is 5.56 Å². The van der Waals surface area contributed by atoms with Gasteiger partial charge in [0.1, 0.15) is 34.7 Å². The van der Waals surface area contributed by atoms with Crippen LogP contribution in [0, 0.1) is 23.0 Å². The van der Waals surface area contributed by atoms with Crippen LogP contribution in [0.4, 0.5) is 14.5 Å². The van der Waals surface area contributed by atoms with Crippen molar-refractivity contribution in [1.29, 1.82) is 5.26 Å². The lowest BCUT2D eigenvalue weighted by Crippen LogP contribution is -2.57. The first-order valence-corrected chi connectivity index (χ1v) is 13.3. The minimum absolute atomic E-state index is 0.0379. The topological polar surface area (TPSA) is 74.4 Å². The maximum Gasteiger partial charge on any atom is 0.252 e. The van der Waals surface area contributed by atoms with Gasteiger partial charge in [0, 0.05) is 49.9 Å². The predicted molar refractivity (Wildman–Crippen MR) is 150 cm³/mol. The van der Waals surface area contributed by atoms with Crippen LogP contribution in [0.15, 0.2) is 65.5 Å². The highest BCUT2D eigenvalue weighted by molar-refractivity contribution is 5.89. The molecule has 1 fully saturated rings. The van der Waals surface area contributed by atoms with Gasteiger partial charge in [-0.1, -0.05) is 18.2 Å². The molecule has 0 bridgehead atoms. The number of hydrogen-bond donors (Lipinski definition) is 0. The molecule has 0 aliphatic carbocycles. The Balaban J connectivity index is 1.58. The lowest BCUT2D eigenvalue weighted by atomic mass is 9.92. The molecule has 3 heterocycles. The maximum atomic E-state index is 14.2. The Morgan fingerprint density at radius 3 is 2.45 bits per heavy atom. The summed E-state index contributed by atoms with van der Waals surface area (Å²) in [5, 5.41) is 9.46. The second-order valence-corrected chi connectivity index (χ2v) is 10.2. The van der Waals surface area contributed by atoms with Crippen molar-refractivity contribution in [3.8, 4) is 11.8 Å². The number of piperazine rings is 1. The lowest BCUT2D eigenvalue weighted by molar-refractivity contribution is 0.127. The average Bonchev–Trinajstić information content (AvgIpc) is 2.94. The van der Waals surface area contributed by atoms with E-state index in [1.165, 1.54) is 28.8 Å². The molecule has 3 atom stereocenters. The number of halogens is 2. The summed E-state index contributed by atoms with van der Waals surface area (Å²) in [5.41, 5.74) is 3.71. The smallest absolute Gasteiger partial charge is 0.252 e. The zero-order valence-corrected chi connectivity index (χ0v) is 22.9. The molecule has 9 heteroatoms. The number of aromatic nitrogens is 2. The number of nitrogens with zero attached hydrogens (tertiary/aromatic N) is 5. The average molecular weight is 544 g/mol. The lowest BCUT2D eigenvalue weighted by Gasteiger charge is -2.48. The van der Waals surface area contributed by atoms with Gasteiger partial charge in [0.15, 0.2) is 0 Å². The summed E-state index contributed by atoms with van der Waals surface area (Å²) in [5.74, 6) is -0.275. The maximum absolute atomic E-state index is 14.2. The van der Waals surface area contributed by atoms with E-state index in [0.29, 0.717) is 42.2 Å². The second kappa shape index (κ2) is 11.1. The Labute approximate surface area is 231 Å². The zero-order valence-electron chi connectivity index (χ0n) is 22.9. The van der Waals surface area contributed by atoms with E-state index in [1.54, 1.807) is 43.4 Å². The number of aryl methyl sites for hydroxylation is 1. The number of nitriles is 1. The van der Waals surface area contributed by atoms with Crippen LogP contribution in [0.5, 0.6) is 5.75 Å². The molecule has 5 rings (SSSR count).